The normalized spacial score (nSPS) is 12.2. The fourth-order valence-electron chi connectivity index (χ4n) is 1.92. The number of aromatic nitrogens is 1. The van der Waals surface area contributed by atoms with Gasteiger partial charge in [0, 0.05) is 11.8 Å². The number of hydrogen-bond acceptors (Lipinski definition) is 3. The Hall–Kier alpha value is -2.10. The van der Waals surface area contributed by atoms with Crippen LogP contribution in [-0.2, 0) is 0 Å². The Labute approximate surface area is 112 Å². The summed E-state index contributed by atoms with van der Waals surface area (Å²) in [5.74, 6) is 0.781. The Morgan fingerprint density at radius 2 is 2.16 bits per heavy atom. The van der Waals surface area contributed by atoms with Gasteiger partial charge in [-0.1, -0.05) is 37.2 Å². The Balaban J connectivity index is 2.21. The maximum Gasteiger partial charge on any atom is 0.277 e. The highest BCUT2D eigenvalue weighted by atomic mass is 16.5. The lowest BCUT2D eigenvalue weighted by atomic mass is 9.97. The molecule has 0 aliphatic heterocycles. The van der Waals surface area contributed by atoms with E-state index in [1.807, 2.05) is 24.3 Å². The van der Waals surface area contributed by atoms with Gasteiger partial charge in [0.25, 0.3) is 5.91 Å². The standard InChI is InChI=1S/C15H18N2O2/c1-4-10(2)12-7-5-6-8-13(12)16-15(18)14-9-11(3)19-17-14/h5-10H,4H2,1-3H3,(H,16,18)/t10-/m0/s1. The largest absolute Gasteiger partial charge is 0.361 e. The van der Waals surface area contributed by atoms with Crippen LogP contribution in [0, 0.1) is 6.92 Å². The molecule has 0 fully saturated rings. The average molecular weight is 258 g/mol. The molecule has 4 nitrogen and oxygen atoms in total. The third kappa shape index (κ3) is 3.02. The summed E-state index contributed by atoms with van der Waals surface area (Å²) in [7, 11) is 0. The summed E-state index contributed by atoms with van der Waals surface area (Å²) in [4.78, 5) is 12.1. The number of benzene rings is 1. The fraction of sp³-hybridized carbons (Fsp3) is 0.333. The smallest absolute Gasteiger partial charge is 0.277 e. The van der Waals surface area contributed by atoms with Crippen LogP contribution in [0.15, 0.2) is 34.9 Å². The molecule has 1 amide bonds. The van der Waals surface area contributed by atoms with Gasteiger partial charge in [-0.05, 0) is 30.9 Å². The zero-order valence-corrected chi connectivity index (χ0v) is 11.4. The molecule has 4 heteroatoms. The van der Waals surface area contributed by atoms with E-state index in [1.54, 1.807) is 13.0 Å². The van der Waals surface area contributed by atoms with Gasteiger partial charge in [0.1, 0.15) is 5.76 Å². The van der Waals surface area contributed by atoms with Gasteiger partial charge in [-0.2, -0.15) is 0 Å². The van der Waals surface area contributed by atoms with Crippen molar-refractivity contribution in [2.75, 3.05) is 5.32 Å². The number of carbonyl (C=O) groups is 1. The summed E-state index contributed by atoms with van der Waals surface area (Å²) in [5, 5.41) is 6.61. The van der Waals surface area contributed by atoms with Gasteiger partial charge >= 0.3 is 0 Å². The molecule has 1 aromatic heterocycles. The molecule has 1 N–H and O–H groups in total. The highest BCUT2D eigenvalue weighted by Gasteiger charge is 2.14. The molecule has 0 unspecified atom stereocenters. The summed E-state index contributed by atoms with van der Waals surface area (Å²) in [6.45, 7) is 6.03. The maximum absolute atomic E-state index is 12.1. The van der Waals surface area contributed by atoms with Crippen LogP contribution < -0.4 is 5.32 Å². The van der Waals surface area contributed by atoms with Crippen LogP contribution in [0.2, 0.25) is 0 Å². The maximum atomic E-state index is 12.1. The van der Waals surface area contributed by atoms with Gasteiger partial charge < -0.3 is 9.84 Å². The molecule has 0 radical (unpaired) electrons. The summed E-state index contributed by atoms with van der Waals surface area (Å²) in [6.07, 6.45) is 1.02. The fourth-order valence-corrected chi connectivity index (χ4v) is 1.92. The molecule has 100 valence electrons. The van der Waals surface area contributed by atoms with Crippen LogP contribution >= 0.6 is 0 Å². The van der Waals surface area contributed by atoms with Crippen LogP contribution in [0.4, 0.5) is 5.69 Å². The van der Waals surface area contributed by atoms with Crippen LogP contribution in [0.3, 0.4) is 0 Å². The minimum Gasteiger partial charge on any atom is -0.361 e. The number of hydrogen-bond donors (Lipinski definition) is 1. The number of amides is 1. The number of carbonyl (C=O) groups excluding carboxylic acids is 1. The highest BCUT2D eigenvalue weighted by molar-refractivity contribution is 6.03. The van der Waals surface area contributed by atoms with E-state index < -0.39 is 0 Å². The second-order valence-corrected chi connectivity index (χ2v) is 4.67. The molecule has 0 spiro atoms. The zero-order chi connectivity index (χ0) is 13.8. The van der Waals surface area contributed by atoms with Gasteiger partial charge in [-0.3, -0.25) is 4.79 Å². The lowest BCUT2D eigenvalue weighted by Crippen LogP contribution is -2.14. The predicted octanol–water partition coefficient (Wildman–Crippen LogP) is 3.75. The molecule has 19 heavy (non-hydrogen) atoms. The second kappa shape index (κ2) is 5.69. The van der Waals surface area contributed by atoms with Crippen molar-refractivity contribution in [3.63, 3.8) is 0 Å². The molecule has 0 bridgehead atoms. The van der Waals surface area contributed by atoms with Crippen molar-refractivity contribution in [2.24, 2.45) is 0 Å². The summed E-state index contributed by atoms with van der Waals surface area (Å²) in [5.41, 5.74) is 2.28. The van der Waals surface area contributed by atoms with E-state index >= 15 is 0 Å². The molecule has 0 aliphatic rings. The third-order valence-corrected chi connectivity index (χ3v) is 3.21. The highest BCUT2D eigenvalue weighted by Crippen LogP contribution is 2.26. The van der Waals surface area contributed by atoms with E-state index in [1.165, 1.54) is 0 Å². The molecule has 0 aliphatic carbocycles. The van der Waals surface area contributed by atoms with Gasteiger partial charge in [0.15, 0.2) is 5.69 Å². The van der Waals surface area contributed by atoms with Crippen molar-refractivity contribution >= 4 is 11.6 Å². The van der Waals surface area contributed by atoms with Crippen molar-refractivity contribution in [1.29, 1.82) is 0 Å². The minimum atomic E-state index is -0.243. The summed E-state index contributed by atoms with van der Waals surface area (Å²) in [6, 6.07) is 9.47. The Kier molecular flexibility index (Phi) is 4.00. The average Bonchev–Trinajstić information content (AvgIpc) is 2.85. The zero-order valence-electron chi connectivity index (χ0n) is 11.4. The Morgan fingerprint density at radius 1 is 1.42 bits per heavy atom. The number of nitrogens with zero attached hydrogens (tertiary/aromatic N) is 1. The second-order valence-electron chi connectivity index (χ2n) is 4.67. The molecule has 1 aromatic carbocycles. The number of para-hydroxylation sites is 1. The Bertz CT molecular complexity index is 575. The molecule has 1 atom stereocenters. The quantitative estimate of drug-likeness (QED) is 0.908. The van der Waals surface area contributed by atoms with Crippen molar-refractivity contribution in [1.82, 2.24) is 5.16 Å². The first-order chi connectivity index (χ1) is 9.11. The van der Waals surface area contributed by atoms with Crippen LogP contribution in [0.5, 0.6) is 0 Å². The number of nitrogens with one attached hydrogen (secondary N) is 1. The van der Waals surface area contributed by atoms with E-state index in [0.717, 1.165) is 17.7 Å². The van der Waals surface area contributed by atoms with Crippen molar-refractivity contribution in [3.8, 4) is 0 Å². The van der Waals surface area contributed by atoms with Crippen molar-refractivity contribution < 1.29 is 9.32 Å². The number of rotatable bonds is 4. The first-order valence-corrected chi connectivity index (χ1v) is 6.45. The van der Waals surface area contributed by atoms with E-state index in [4.69, 9.17) is 4.52 Å². The van der Waals surface area contributed by atoms with Gasteiger partial charge in [-0.15, -0.1) is 0 Å². The molecular weight excluding hydrogens is 240 g/mol. The minimum absolute atomic E-state index is 0.243. The molecule has 1 heterocycles. The predicted molar refractivity (Wildman–Crippen MR) is 74.3 cm³/mol. The topological polar surface area (TPSA) is 55.1 Å². The molecule has 2 aromatic rings. The van der Waals surface area contributed by atoms with Crippen LogP contribution in [0.25, 0.3) is 0 Å². The summed E-state index contributed by atoms with van der Waals surface area (Å²) >= 11 is 0. The third-order valence-electron chi connectivity index (χ3n) is 3.21. The molecule has 0 saturated carbocycles. The number of aryl methyl sites for hydroxylation is 1. The van der Waals surface area contributed by atoms with Crippen LogP contribution in [-0.4, -0.2) is 11.1 Å². The summed E-state index contributed by atoms with van der Waals surface area (Å²) < 4.78 is 4.91. The SMILES string of the molecule is CC[C@H](C)c1ccccc1NC(=O)c1cc(C)on1. The van der Waals surface area contributed by atoms with Crippen LogP contribution in [0.1, 0.15) is 48.0 Å². The number of anilines is 1. The van der Waals surface area contributed by atoms with Crippen molar-refractivity contribution in [2.45, 2.75) is 33.1 Å². The molecule has 2 rings (SSSR count). The van der Waals surface area contributed by atoms with Gasteiger partial charge in [0.2, 0.25) is 0 Å². The molecule has 0 saturated heterocycles. The van der Waals surface area contributed by atoms with E-state index in [9.17, 15) is 4.79 Å². The van der Waals surface area contributed by atoms with E-state index in [0.29, 0.717) is 17.4 Å². The monoisotopic (exact) mass is 258 g/mol. The lowest BCUT2D eigenvalue weighted by molar-refractivity contribution is 0.101. The van der Waals surface area contributed by atoms with Crippen molar-refractivity contribution in [3.05, 3.63) is 47.3 Å². The first kappa shape index (κ1) is 13.3. The van der Waals surface area contributed by atoms with Gasteiger partial charge in [-0.25, -0.2) is 0 Å². The first-order valence-electron chi connectivity index (χ1n) is 6.45. The van der Waals surface area contributed by atoms with Gasteiger partial charge in [0.05, 0.1) is 0 Å². The lowest BCUT2D eigenvalue weighted by Gasteiger charge is -2.14. The van der Waals surface area contributed by atoms with E-state index in [2.05, 4.69) is 24.3 Å². The molecular formula is C15H18N2O2. The Morgan fingerprint density at radius 3 is 2.79 bits per heavy atom. The van der Waals surface area contributed by atoms with E-state index in [-0.39, 0.29) is 5.91 Å².